The quantitative estimate of drug-likeness (QED) is 0.361. The fourth-order valence-corrected chi connectivity index (χ4v) is 4.27. The molecule has 0 spiro atoms. The number of H-pyrrole nitrogens is 1. The fraction of sp³-hybridized carbons (Fsp3) is 0.231. The van der Waals surface area contributed by atoms with Gasteiger partial charge in [0.25, 0.3) is 5.91 Å². The van der Waals surface area contributed by atoms with Gasteiger partial charge in [0.15, 0.2) is 0 Å². The Balaban J connectivity index is 1.32. The molecule has 174 valence electrons. The Kier molecular flexibility index (Phi) is 6.76. The first-order valence-corrected chi connectivity index (χ1v) is 11.7. The molecule has 1 amide bonds. The van der Waals surface area contributed by atoms with Gasteiger partial charge in [0.05, 0.1) is 35.1 Å². The van der Waals surface area contributed by atoms with Gasteiger partial charge in [-0.3, -0.25) is 14.8 Å². The van der Waals surface area contributed by atoms with Crippen LogP contribution < -0.4 is 10.6 Å². The Morgan fingerprint density at radius 3 is 2.76 bits per heavy atom. The highest BCUT2D eigenvalue weighted by Gasteiger charge is 2.14. The van der Waals surface area contributed by atoms with Crippen molar-refractivity contribution in [3.63, 3.8) is 0 Å². The van der Waals surface area contributed by atoms with Crippen molar-refractivity contribution in [2.24, 2.45) is 0 Å². The maximum Gasteiger partial charge on any atom is 0.251 e. The van der Waals surface area contributed by atoms with Crippen molar-refractivity contribution in [1.29, 1.82) is 0 Å². The van der Waals surface area contributed by atoms with E-state index >= 15 is 0 Å². The largest absolute Gasteiger partial charge is 0.379 e. The van der Waals surface area contributed by atoms with Gasteiger partial charge in [-0.25, -0.2) is 0 Å². The smallest absolute Gasteiger partial charge is 0.251 e. The molecule has 3 N–H and O–H groups in total. The van der Waals surface area contributed by atoms with E-state index in [1.807, 2.05) is 66.7 Å². The van der Waals surface area contributed by atoms with Crippen molar-refractivity contribution in [3.05, 3.63) is 77.3 Å². The van der Waals surface area contributed by atoms with Crippen LogP contribution in [0.1, 0.15) is 10.4 Å². The number of carbonyl (C=O) groups is 1. The van der Waals surface area contributed by atoms with Crippen molar-refractivity contribution >= 4 is 39.8 Å². The Morgan fingerprint density at radius 1 is 1.06 bits per heavy atom. The lowest BCUT2D eigenvalue weighted by atomic mass is 10.0. The van der Waals surface area contributed by atoms with Gasteiger partial charge in [0.1, 0.15) is 0 Å². The second-order valence-corrected chi connectivity index (χ2v) is 8.64. The summed E-state index contributed by atoms with van der Waals surface area (Å²) in [5, 5.41) is 15.6. The van der Waals surface area contributed by atoms with Crippen molar-refractivity contribution in [3.8, 4) is 11.3 Å². The Bertz CT molecular complexity index is 1300. The number of nitrogens with one attached hydrogen (secondary N) is 3. The number of hydrogen-bond donors (Lipinski definition) is 3. The number of nitrogens with zero attached hydrogens (tertiary/aromatic N) is 2. The first-order valence-electron chi connectivity index (χ1n) is 11.4. The molecule has 0 aliphatic carbocycles. The summed E-state index contributed by atoms with van der Waals surface area (Å²) in [6.45, 7) is 4.74. The summed E-state index contributed by atoms with van der Waals surface area (Å²) in [7, 11) is 0. The Labute approximate surface area is 203 Å². The van der Waals surface area contributed by atoms with E-state index in [-0.39, 0.29) is 5.91 Å². The third-order valence-electron chi connectivity index (χ3n) is 5.93. The van der Waals surface area contributed by atoms with E-state index in [4.69, 9.17) is 16.3 Å². The van der Waals surface area contributed by atoms with E-state index in [2.05, 4.69) is 25.7 Å². The minimum atomic E-state index is -0.0870. The normalized spacial score (nSPS) is 14.3. The van der Waals surface area contributed by atoms with Gasteiger partial charge in [-0.2, -0.15) is 5.10 Å². The number of aromatic nitrogens is 2. The van der Waals surface area contributed by atoms with E-state index in [1.54, 1.807) is 0 Å². The number of aromatic amines is 1. The summed E-state index contributed by atoms with van der Waals surface area (Å²) in [4.78, 5) is 15.1. The predicted molar refractivity (Wildman–Crippen MR) is 136 cm³/mol. The summed E-state index contributed by atoms with van der Waals surface area (Å²) in [6, 6.07) is 21.2. The molecule has 1 aliphatic heterocycles. The molecule has 8 heteroatoms. The van der Waals surface area contributed by atoms with Crippen LogP contribution in [0.2, 0.25) is 5.02 Å². The molecule has 1 aliphatic rings. The van der Waals surface area contributed by atoms with Gasteiger partial charge >= 0.3 is 0 Å². The van der Waals surface area contributed by atoms with Crippen molar-refractivity contribution in [1.82, 2.24) is 20.4 Å². The lowest BCUT2D eigenvalue weighted by molar-refractivity contribution is 0.0383. The van der Waals surface area contributed by atoms with Crippen LogP contribution in [0.25, 0.3) is 22.2 Å². The highest BCUT2D eigenvalue weighted by Crippen LogP contribution is 2.31. The van der Waals surface area contributed by atoms with Crippen molar-refractivity contribution < 1.29 is 9.53 Å². The maximum absolute atomic E-state index is 12.8. The summed E-state index contributed by atoms with van der Waals surface area (Å²) < 4.78 is 5.37. The Morgan fingerprint density at radius 2 is 1.91 bits per heavy atom. The molecule has 1 aromatic heterocycles. The zero-order chi connectivity index (χ0) is 23.3. The van der Waals surface area contributed by atoms with E-state index in [0.29, 0.717) is 17.1 Å². The molecule has 34 heavy (non-hydrogen) atoms. The molecule has 2 heterocycles. The molecule has 0 radical (unpaired) electrons. The van der Waals surface area contributed by atoms with Gasteiger partial charge in [0, 0.05) is 48.4 Å². The summed E-state index contributed by atoms with van der Waals surface area (Å²) in [5.41, 5.74) is 4.94. The molecule has 0 atom stereocenters. The molecule has 0 bridgehead atoms. The highest BCUT2D eigenvalue weighted by molar-refractivity contribution is 6.33. The third kappa shape index (κ3) is 5.07. The second kappa shape index (κ2) is 10.3. The van der Waals surface area contributed by atoms with E-state index < -0.39 is 0 Å². The topological polar surface area (TPSA) is 82.3 Å². The molecule has 4 aromatic rings. The molecular formula is C26H26ClN5O2. The number of carbonyl (C=O) groups excluding carboxylic acids is 1. The Hall–Kier alpha value is -3.39. The molecule has 1 saturated heterocycles. The lowest BCUT2D eigenvalue weighted by Gasteiger charge is -2.26. The summed E-state index contributed by atoms with van der Waals surface area (Å²) in [6.07, 6.45) is 0. The van der Waals surface area contributed by atoms with Crippen LogP contribution in [0.4, 0.5) is 11.4 Å². The number of morpholine rings is 1. The van der Waals surface area contributed by atoms with Crippen LogP contribution in [0.5, 0.6) is 0 Å². The molecule has 1 fully saturated rings. The number of para-hydroxylation sites is 1. The number of amides is 1. The van der Waals surface area contributed by atoms with Gasteiger partial charge in [-0.1, -0.05) is 35.9 Å². The average molecular weight is 476 g/mol. The predicted octanol–water partition coefficient (Wildman–Crippen LogP) is 4.69. The number of ether oxygens (including phenoxy) is 1. The average Bonchev–Trinajstić information content (AvgIpc) is 3.29. The van der Waals surface area contributed by atoms with Crippen LogP contribution >= 0.6 is 11.6 Å². The van der Waals surface area contributed by atoms with Crippen LogP contribution in [-0.4, -0.2) is 60.4 Å². The van der Waals surface area contributed by atoms with Gasteiger partial charge in [0.2, 0.25) is 0 Å². The minimum Gasteiger partial charge on any atom is -0.379 e. The summed E-state index contributed by atoms with van der Waals surface area (Å²) >= 11 is 6.30. The van der Waals surface area contributed by atoms with Crippen LogP contribution in [0, 0.1) is 0 Å². The van der Waals surface area contributed by atoms with Crippen molar-refractivity contribution in [2.45, 2.75) is 0 Å². The molecule has 0 unspecified atom stereocenters. The third-order valence-corrected chi connectivity index (χ3v) is 6.26. The number of rotatable bonds is 7. The van der Waals surface area contributed by atoms with Gasteiger partial charge < -0.3 is 15.4 Å². The number of halogens is 1. The van der Waals surface area contributed by atoms with Gasteiger partial charge in [-0.15, -0.1) is 0 Å². The van der Waals surface area contributed by atoms with Gasteiger partial charge in [-0.05, 0) is 42.5 Å². The monoisotopic (exact) mass is 475 g/mol. The molecule has 5 rings (SSSR count). The molecule has 3 aromatic carbocycles. The molecule has 0 saturated carbocycles. The zero-order valence-corrected chi connectivity index (χ0v) is 19.4. The first kappa shape index (κ1) is 22.4. The number of benzene rings is 3. The molecule has 7 nitrogen and oxygen atoms in total. The van der Waals surface area contributed by atoms with E-state index in [0.717, 1.165) is 66.4 Å². The number of hydrogen-bond acceptors (Lipinski definition) is 5. The minimum absolute atomic E-state index is 0.0870. The molecular weight excluding hydrogens is 450 g/mol. The number of anilines is 2. The summed E-state index contributed by atoms with van der Waals surface area (Å²) in [5.74, 6) is -0.0870. The van der Waals surface area contributed by atoms with E-state index in [1.165, 1.54) is 0 Å². The zero-order valence-electron chi connectivity index (χ0n) is 18.7. The van der Waals surface area contributed by atoms with Crippen molar-refractivity contribution in [2.75, 3.05) is 44.7 Å². The highest BCUT2D eigenvalue weighted by atomic mass is 35.5. The SMILES string of the molecule is O=C(NCCN1CCOCC1)c1cccc(-c2n[nH]c3ccc(Nc4ccccc4Cl)cc23)c1. The number of fused-ring (bicyclic) bond motifs is 1. The second-order valence-electron chi connectivity index (χ2n) is 8.23. The van der Waals surface area contributed by atoms with Crippen LogP contribution in [0.3, 0.4) is 0 Å². The van der Waals surface area contributed by atoms with Crippen LogP contribution in [0.15, 0.2) is 66.7 Å². The first-order chi connectivity index (χ1) is 16.7. The maximum atomic E-state index is 12.8. The van der Waals surface area contributed by atoms with Crippen LogP contribution in [-0.2, 0) is 4.74 Å². The van der Waals surface area contributed by atoms with E-state index in [9.17, 15) is 4.79 Å². The standard InChI is InChI=1S/C26H26ClN5O2/c27-22-6-1-2-7-24(22)29-20-8-9-23-21(17-20)25(31-30-23)18-4-3-5-19(16-18)26(33)28-10-11-32-12-14-34-15-13-32/h1-9,16-17,29H,10-15H2,(H,28,33)(H,30,31). The fourth-order valence-electron chi connectivity index (χ4n) is 4.09. The lowest BCUT2D eigenvalue weighted by Crippen LogP contribution is -2.41.